The van der Waals surface area contributed by atoms with Gasteiger partial charge in [-0.15, -0.1) is 0 Å². The molecule has 0 radical (unpaired) electrons. The Labute approximate surface area is 104 Å². The van der Waals surface area contributed by atoms with Gasteiger partial charge in [-0.25, -0.2) is 0 Å². The topological polar surface area (TPSA) is 81.5 Å². The predicted molar refractivity (Wildman–Crippen MR) is 63.8 cm³/mol. The van der Waals surface area contributed by atoms with E-state index in [1.54, 1.807) is 38.3 Å². The van der Waals surface area contributed by atoms with Crippen LogP contribution in [0.25, 0.3) is 0 Å². The maximum atomic E-state index is 11.6. The molecule has 1 fully saturated rings. The van der Waals surface area contributed by atoms with Gasteiger partial charge in [0, 0.05) is 4.92 Å². The van der Waals surface area contributed by atoms with Crippen molar-refractivity contribution in [2.75, 3.05) is 7.11 Å². The number of nitrogens with one attached hydrogen (secondary N) is 1. The SMILES string of the molecule is COc1ccc(C2NC(=O)[C@@H](C)[C@@H]2[N+](=O)[O-])cc1. The molecule has 1 saturated heterocycles. The molecule has 1 aliphatic rings. The number of methoxy groups -OCH3 is 1. The van der Waals surface area contributed by atoms with E-state index >= 15 is 0 Å². The largest absolute Gasteiger partial charge is 0.497 e. The Balaban J connectivity index is 2.30. The number of rotatable bonds is 3. The number of amides is 1. The molecule has 18 heavy (non-hydrogen) atoms. The molecule has 1 N–H and O–H groups in total. The fourth-order valence-electron chi connectivity index (χ4n) is 2.21. The van der Waals surface area contributed by atoms with Gasteiger partial charge in [0.1, 0.15) is 17.7 Å². The summed E-state index contributed by atoms with van der Waals surface area (Å²) in [5, 5.41) is 13.7. The summed E-state index contributed by atoms with van der Waals surface area (Å²) in [5.41, 5.74) is 0.718. The minimum absolute atomic E-state index is 0.280. The maximum absolute atomic E-state index is 11.6. The van der Waals surface area contributed by atoms with E-state index in [0.717, 1.165) is 5.56 Å². The first kappa shape index (κ1) is 12.3. The molecule has 0 saturated carbocycles. The zero-order chi connectivity index (χ0) is 13.3. The standard InChI is InChI=1S/C12H14N2O4/c1-7-11(14(16)17)10(13-12(7)15)8-3-5-9(18-2)6-4-8/h3-7,10-11H,1-2H3,(H,13,15)/t7-,10?,11-/m0/s1. The molecule has 0 bridgehead atoms. The van der Waals surface area contributed by atoms with E-state index in [2.05, 4.69) is 5.32 Å². The van der Waals surface area contributed by atoms with Crippen LogP contribution < -0.4 is 10.1 Å². The van der Waals surface area contributed by atoms with Crippen molar-refractivity contribution in [2.45, 2.75) is 19.0 Å². The van der Waals surface area contributed by atoms with Gasteiger partial charge in [0.15, 0.2) is 0 Å². The molecule has 0 aromatic heterocycles. The van der Waals surface area contributed by atoms with Crippen LogP contribution in [-0.2, 0) is 4.79 Å². The maximum Gasteiger partial charge on any atom is 0.248 e. The van der Waals surface area contributed by atoms with Crippen molar-refractivity contribution in [3.05, 3.63) is 39.9 Å². The van der Waals surface area contributed by atoms with Crippen molar-refractivity contribution in [2.24, 2.45) is 5.92 Å². The van der Waals surface area contributed by atoms with Crippen molar-refractivity contribution < 1.29 is 14.5 Å². The van der Waals surface area contributed by atoms with Gasteiger partial charge in [0.2, 0.25) is 11.9 Å². The molecule has 1 aromatic rings. The van der Waals surface area contributed by atoms with Crippen LogP contribution in [0.4, 0.5) is 0 Å². The first-order valence-electron chi connectivity index (χ1n) is 5.62. The van der Waals surface area contributed by atoms with Crippen LogP contribution in [0.15, 0.2) is 24.3 Å². The molecule has 0 spiro atoms. The number of hydrogen-bond donors (Lipinski definition) is 1. The molecule has 1 amide bonds. The molecule has 0 aliphatic carbocycles. The molecule has 6 heteroatoms. The molecule has 96 valence electrons. The van der Waals surface area contributed by atoms with Gasteiger partial charge >= 0.3 is 0 Å². The van der Waals surface area contributed by atoms with Gasteiger partial charge < -0.3 is 10.1 Å². The van der Waals surface area contributed by atoms with Crippen molar-refractivity contribution >= 4 is 5.91 Å². The molecule has 3 atom stereocenters. The van der Waals surface area contributed by atoms with Crippen molar-refractivity contribution in [1.29, 1.82) is 0 Å². The second kappa shape index (κ2) is 4.64. The third kappa shape index (κ3) is 2.01. The lowest BCUT2D eigenvalue weighted by atomic mass is 9.95. The number of carbonyl (C=O) groups is 1. The highest BCUT2D eigenvalue weighted by Crippen LogP contribution is 2.31. The highest BCUT2D eigenvalue weighted by Gasteiger charge is 2.48. The lowest BCUT2D eigenvalue weighted by Crippen LogP contribution is -2.30. The fraction of sp³-hybridized carbons (Fsp3) is 0.417. The molecular weight excluding hydrogens is 236 g/mol. The number of nitro groups is 1. The molecule has 6 nitrogen and oxygen atoms in total. The van der Waals surface area contributed by atoms with E-state index in [1.165, 1.54) is 0 Å². The van der Waals surface area contributed by atoms with E-state index in [4.69, 9.17) is 4.74 Å². The fourth-order valence-corrected chi connectivity index (χ4v) is 2.21. The first-order chi connectivity index (χ1) is 8.54. The molecule has 2 rings (SSSR count). The number of benzene rings is 1. The smallest absolute Gasteiger partial charge is 0.248 e. The van der Waals surface area contributed by atoms with Crippen LogP contribution in [0.5, 0.6) is 5.75 Å². The average molecular weight is 250 g/mol. The lowest BCUT2D eigenvalue weighted by Gasteiger charge is -2.14. The zero-order valence-electron chi connectivity index (χ0n) is 10.1. The summed E-state index contributed by atoms with van der Waals surface area (Å²) < 4.78 is 5.03. The monoisotopic (exact) mass is 250 g/mol. The third-order valence-corrected chi connectivity index (χ3v) is 3.28. The molecule has 1 aliphatic heterocycles. The quantitative estimate of drug-likeness (QED) is 0.644. The average Bonchev–Trinajstić information content (AvgIpc) is 2.66. The Morgan fingerprint density at radius 1 is 1.33 bits per heavy atom. The number of carbonyl (C=O) groups excluding carboxylic acids is 1. The van der Waals surface area contributed by atoms with Crippen molar-refractivity contribution in [1.82, 2.24) is 5.32 Å². The van der Waals surface area contributed by atoms with Gasteiger partial charge in [0.25, 0.3) is 0 Å². The zero-order valence-corrected chi connectivity index (χ0v) is 10.1. The van der Waals surface area contributed by atoms with Crippen LogP contribution in [0, 0.1) is 16.0 Å². The van der Waals surface area contributed by atoms with E-state index in [9.17, 15) is 14.9 Å². The number of hydrogen-bond acceptors (Lipinski definition) is 4. The van der Waals surface area contributed by atoms with E-state index < -0.39 is 22.9 Å². The third-order valence-electron chi connectivity index (χ3n) is 3.28. The normalized spacial score (nSPS) is 26.8. The minimum atomic E-state index is -0.925. The Morgan fingerprint density at radius 3 is 2.44 bits per heavy atom. The Bertz CT molecular complexity index is 471. The van der Waals surface area contributed by atoms with E-state index in [-0.39, 0.29) is 5.91 Å². The summed E-state index contributed by atoms with van der Waals surface area (Å²) in [6.07, 6.45) is 0. The molecule has 1 aromatic carbocycles. The van der Waals surface area contributed by atoms with Crippen molar-refractivity contribution in [3.8, 4) is 5.75 Å². The van der Waals surface area contributed by atoms with E-state index in [1.807, 2.05) is 0 Å². The van der Waals surface area contributed by atoms with Crippen LogP contribution in [0.3, 0.4) is 0 Å². The summed E-state index contributed by atoms with van der Waals surface area (Å²) >= 11 is 0. The molecule has 1 unspecified atom stereocenters. The molecule has 1 heterocycles. The Morgan fingerprint density at radius 2 is 1.94 bits per heavy atom. The second-order valence-electron chi connectivity index (χ2n) is 4.32. The highest BCUT2D eigenvalue weighted by molar-refractivity contribution is 5.82. The summed E-state index contributed by atoms with van der Waals surface area (Å²) in [4.78, 5) is 22.2. The van der Waals surface area contributed by atoms with Crippen LogP contribution in [-0.4, -0.2) is 24.0 Å². The van der Waals surface area contributed by atoms with E-state index in [0.29, 0.717) is 5.75 Å². The number of ether oxygens (including phenoxy) is 1. The summed E-state index contributed by atoms with van der Waals surface area (Å²) in [5.74, 6) is -0.224. The summed E-state index contributed by atoms with van der Waals surface area (Å²) in [7, 11) is 1.55. The van der Waals surface area contributed by atoms with Gasteiger partial charge in [-0.2, -0.15) is 0 Å². The van der Waals surface area contributed by atoms with Gasteiger partial charge in [-0.05, 0) is 24.6 Å². The van der Waals surface area contributed by atoms with Crippen LogP contribution >= 0.6 is 0 Å². The van der Waals surface area contributed by atoms with Crippen LogP contribution in [0.1, 0.15) is 18.5 Å². The molecular formula is C12H14N2O4. The van der Waals surface area contributed by atoms with Gasteiger partial charge in [-0.1, -0.05) is 12.1 Å². The summed E-state index contributed by atoms with van der Waals surface area (Å²) in [6, 6.07) is 5.42. The Kier molecular flexibility index (Phi) is 3.18. The van der Waals surface area contributed by atoms with Gasteiger partial charge in [0.05, 0.1) is 7.11 Å². The minimum Gasteiger partial charge on any atom is -0.497 e. The highest BCUT2D eigenvalue weighted by atomic mass is 16.6. The van der Waals surface area contributed by atoms with Crippen molar-refractivity contribution in [3.63, 3.8) is 0 Å². The lowest BCUT2D eigenvalue weighted by molar-refractivity contribution is -0.530. The second-order valence-corrected chi connectivity index (χ2v) is 4.32. The predicted octanol–water partition coefficient (Wildman–Crippen LogP) is 1.15. The summed E-state index contributed by atoms with van der Waals surface area (Å²) in [6.45, 7) is 1.58. The Hall–Kier alpha value is -2.11. The van der Waals surface area contributed by atoms with Crippen LogP contribution in [0.2, 0.25) is 0 Å². The van der Waals surface area contributed by atoms with Gasteiger partial charge in [-0.3, -0.25) is 14.9 Å². The number of nitrogens with zero attached hydrogens (tertiary/aromatic N) is 1. The first-order valence-corrected chi connectivity index (χ1v) is 5.62.